The lowest BCUT2D eigenvalue weighted by molar-refractivity contribution is 0.193. The average Bonchev–Trinajstić information content (AvgIpc) is 3.20. The van der Waals surface area contributed by atoms with Crippen molar-refractivity contribution < 1.29 is 4.79 Å². The van der Waals surface area contributed by atoms with Crippen LogP contribution in [0.1, 0.15) is 43.6 Å². The first-order valence-corrected chi connectivity index (χ1v) is 8.92. The number of carbonyl (C=O) groups is 1. The van der Waals surface area contributed by atoms with Gasteiger partial charge in [-0.1, -0.05) is 0 Å². The number of anilines is 1. The number of rotatable bonds is 6. The Kier molecular flexibility index (Phi) is 4.01. The minimum Gasteiger partial charge on any atom is -0.370 e. The molecule has 1 aliphatic carbocycles. The Morgan fingerprint density at radius 1 is 1.35 bits per heavy atom. The monoisotopic (exact) mass is 335 g/mol. The van der Waals surface area contributed by atoms with E-state index in [1.54, 1.807) is 0 Å². The molecule has 6 nitrogen and oxygen atoms in total. The van der Waals surface area contributed by atoms with Gasteiger partial charge in [-0.25, -0.2) is 14.8 Å². The zero-order valence-corrected chi connectivity index (χ0v) is 13.9. The van der Waals surface area contributed by atoms with E-state index in [-0.39, 0.29) is 11.3 Å². The van der Waals surface area contributed by atoms with Crippen LogP contribution >= 0.6 is 11.6 Å². The molecule has 3 heterocycles. The normalized spacial score (nSPS) is 23.5. The van der Waals surface area contributed by atoms with Gasteiger partial charge in [0, 0.05) is 37.9 Å². The lowest BCUT2D eigenvalue weighted by Gasteiger charge is -2.17. The Morgan fingerprint density at radius 3 is 3.00 bits per heavy atom. The van der Waals surface area contributed by atoms with Crippen molar-refractivity contribution in [1.29, 1.82) is 0 Å². The van der Waals surface area contributed by atoms with Crippen molar-refractivity contribution >= 4 is 23.4 Å². The Morgan fingerprint density at radius 2 is 2.22 bits per heavy atom. The number of nitrogens with one attached hydrogen (secondary N) is 1. The first-order valence-electron chi connectivity index (χ1n) is 8.54. The van der Waals surface area contributed by atoms with E-state index in [9.17, 15) is 4.79 Å². The van der Waals surface area contributed by atoms with Crippen LogP contribution in [0.2, 0.25) is 5.28 Å². The molecule has 0 bridgehead atoms. The number of fused-ring (bicyclic) bond motifs is 1. The highest BCUT2D eigenvalue weighted by molar-refractivity contribution is 6.28. The summed E-state index contributed by atoms with van der Waals surface area (Å²) in [5.41, 5.74) is 1.17. The highest BCUT2D eigenvalue weighted by Crippen LogP contribution is 2.42. The maximum absolute atomic E-state index is 12.2. The maximum Gasteiger partial charge on any atom is 0.320 e. The third-order valence-electron chi connectivity index (χ3n) is 5.03. The number of amides is 2. The fourth-order valence-corrected chi connectivity index (χ4v) is 3.79. The third-order valence-corrected chi connectivity index (χ3v) is 5.21. The number of aromatic nitrogens is 2. The van der Waals surface area contributed by atoms with Crippen molar-refractivity contribution in [3.63, 3.8) is 0 Å². The molecule has 4 rings (SSSR count). The van der Waals surface area contributed by atoms with E-state index >= 15 is 0 Å². The molecule has 1 aromatic heterocycles. The van der Waals surface area contributed by atoms with Crippen LogP contribution in [0.15, 0.2) is 6.20 Å². The molecule has 23 heavy (non-hydrogen) atoms. The van der Waals surface area contributed by atoms with Gasteiger partial charge >= 0.3 is 6.03 Å². The van der Waals surface area contributed by atoms with Crippen molar-refractivity contribution in [3.8, 4) is 0 Å². The van der Waals surface area contributed by atoms with Crippen LogP contribution < -0.4 is 5.32 Å². The first-order chi connectivity index (χ1) is 11.2. The van der Waals surface area contributed by atoms with Gasteiger partial charge in [0.2, 0.25) is 5.28 Å². The molecular formula is C16H22ClN5O. The van der Waals surface area contributed by atoms with Crippen LogP contribution in [0.4, 0.5) is 10.6 Å². The summed E-state index contributed by atoms with van der Waals surface area (Å²) in [5.74, 6) is 1.45. The summed E-state index contributed by atoms with van der Waals surface area (Å²) in [5, 5.41) is 3.66. The second-order valence-corrected chi connectivity index (χ2v) is 7.05. The van der Waals surface area contributed by atoms with Gasteiger partial charge in [-0.2, -0.15) is 0 Å². The molecule has 1 aromatic rings. The van der Waals surface area contributed by atoms with Crippen molar-refractivity contribution in [3.05, 3.63) is 17.0 Å². The summed E-state index contributed by atoms with van der Waals surface area (Å²) < 4.78 is 0. The van der Waals surface area contributed by atoms with Gasteiger partial charge in [0.25, 0.3) is 0 Å². The molecule has 0 unspecified atom stereocenters. The lowest BCUT2D eigenvalue weighted by Crippen LogP contribution is -2.33. The quantitative estimate of drug-likeness (QED) is 0.641. The van der Waals surface area contributed by atoms with E-state index < -0.39 is 0 Å². The van der Waals surface area contributed by atoms with Crippen LogP contribution in [-0.4, -0.2) is 58.0 Å². The van der Waals surface area contributed by atoms with Crippen LogP contribution in [0, 0.1) is 0 Å². The van der Waals surface area contributed by atoms with E-state index in [0.717, 1.165) is 51.3 Å². The van der Waals surface area contributed by atoms with Crippen LogP contribution in [0.3, 0.4) is 0 Å². The Labute approximate surface area is 141 Å². The Hall–Kier alpha value is -1.56. The molecule has 0 radical (unpaired) electrons. The highest BCUT2D eigenvalue weighted by Gasteiger charge is 2.39. The summed E-state index contributed by atoms with van der Waals surface area (Å²) in [6, 6.07) is 0.675. The van der Waals surface area contributed by atoms with Crippen molar-refractivity contribution in [2.75, 3.05) is 31.5 Å². The summed E-state index contributed by atoms with van der Waals surface area (Å²) in [6.07, 6.45) is 7.49. The van der Waals surface area contributed by atoms with Crippen molar-refractivity contribution in [1.82, 2.24) is 19.8 Å². The predicted molar refractivity (Wildman–Crippen MR) is 88.8 cm³/mol. The zero-order chi connectivity index (χ0) is 15.8. The molecule has 0 aromatic carbocycles. The minimum atomic E-state index is 0.219. The predicted octanol–water partition coefficient (Wildman–Crippen LogP) is 2.71. The van der Waals surface area contributed by atoms with Crippen molar-refractivity contribution in [2.24, 2.45) is 0 Å². The molecule has 1 N–H and O–H groups in total. The summed E-state index contributed by atoms with van der Waals surface area (Å²) >= 11 is 5.91. The Balaban J connectivity index is 1.28. The summed E-state index contributed by atoms with van der Waals surface area (Å²) in [7, 11) is 0. The van der Waals surface area contributed by atoms with Gasteiger partial charge in [0.15, 0.2) is 0 Å². The van der Waals surface area contributed by atoms with Crippen LogP contribution in [0.5, 0.6) is 0 Å². The minimum absolute atomic E-state index is 0.219. The second-order valence-electron chi connectivity index (χ2n) is 6.72. The van der Waals surface area contributed by atoms with Gasteiger partial charge in [-0.05, 0) is 49.6 Å². The summed E-state index contributed by atoms with van der Waals surface area (Å²) in [4.78, 5) is 24.7. The number of hydrogen-bond acceptors (Lipinski definition) is 4. The molecule has 2 amide bonds. The number of hydrogen-bond donors (Lipinski definition) is 1. The van der Waals surface area contributed by atoms with Crippen LogP contribution in [-0.2, 0) is 0 Å². The average molecular weight is 336 g/mol. The molecule has 7 heteroatoms. The molecule has 124 valence electrons. The van der Waals surface area contributed by atoms with Gasteiger partial charge in [-0.3, -0.25) is 0 Å². The van der Waals surface area contributed by atoms with E-state index in [1.165, 1.54) is 18.4 Å². The van der Waals surface area contributed by atoms with Gasteiger partial charge in [0.05, 0.1) is 6.04 Å². The zero-order valence-electron chi connectivity index (χ0n) is 13.2. The first kappa shape index (κ1) is 15.0. The fourth-order valence-electron chi connectivity index (χ4n) is 3.66. The summed E-state index contributed by atoms with van der Waals surface area (Å²) in [6.45, 7) is 3.42. The van der Waals surface area contributed by atoms with E-state index in [4.69, 9.17) is 11.6 Å². The SMILES string of the molecule is O=C1N(CCCNc2nc(Cl)ncc2C2CC2)C[C@@H]2CCCN12. The highest BCUT2D eigenvalue weighted by atomic mass is 35.5. The number of urea groups is 1. The molecular weight excluding hydrogens is 314 g/mol. The number of halogens is 1. The maximum atomic E-state index is 12.2. The standard InChI is InChI=1S/C16H22ClN5O/c17-15-19-9-13(11-4-5-11)14(20-15)18-6-2-7-21-10-12-3-1-8-22(12)16(21)23/h9,11-12H,1-8,10H2,(H,18,19,20)/t12-/m0/s1. The fraction of sp³-hybridized carbons (Fsp3) is 0.688. The molecule has 0 spiro atoms. The topological polar surface area (TPSA) is 61.4 Å². The van der Waals surface area contributed by atoms with Crippen molar-refractivity contribution in [2.45, 2.75) is 44.1 Å². The molecule has 2 aliphatic heterocycles. The second kappa shape index (κ2) is 6.15. The molecule has 1 saturated carbocycles. The van der Waals surface area contributed by atoms with E-state index in [0.29, 0.717) is 12.0 Å². The van der Waals surface area contributed by atoms with Gasteiger partial charge in [-0.15, -0.1) is 0 Å². The van der Waals surface area contributed by atoms with Gasteiger partial charge in [0.1, 0.15) is 5.82 Å². The molecule has 2 saturated heterocycles. The molecule has 3 aliphatic rings. The Bertz CT molecular complexity index is 606. The van der Waals surface area contributed by atoms with Gasteiger partial charge < -0.3 is 15.1 Å². The lowest BCUT2D eigenvalue weighted by atomic mass is 10.2. The number of carbonyl (C=O) groups excluding carboxylic acids is 1. The third kappa shape index (κ3) is 3.09. The van der Waals surface area contributed by atoms with E-state index in [1.807, 2.05) is 16.0 Å². The largest absolute Gasteiger partial charge is 0.370 e. The molecule has 1 atom stereocenters. The molecule has 3 fully saturated rings. The number of nitrogens with zero attached hydrogens (tertiary/aromatic N) is 4. The smallest absolute Gasteiger partial charge is 0.320 e. The van der Waals surface area contributed by atoms with Crippen LogP contribution in [0.25, 0.3) is 0 Å². The van der Waals surface area contributed by atoms with E-state index in [2.05, 4.69) is 15.3 Å².